The van der Waals surface area contributed by atoms with Gasteiger partial charge in [0.2, 0.25) is 0 Å². The smallest absolute Gasteiger partial charge is 0.316 e. The molecule has 2 nitrogen and oxygen atoms in total. The van der Waals surface area contributed by atoms with Crippen LogP contribution in [0.25, 0.3) is 0 Å². The minimum Gasteiger partial charge on any atom is -0.468 e. The van der Waals surface area contributed by atoms with Crippen molar-refractivity contribution < 1.29 is 9.53 Å². The molecule has 0 fully saturated rings. The van der Waals surface area contributed by atoms with E-state index in [0.29, 0.717) is 0 Å². The predicted octanol–water partition coefficient (Wildman–Crippen LogP) is 4.58. The average molecular weight is 276 g/mol. The van der Waals surface area contributed by atoms with Gasteiger partial charge in [0, 0.05) is 0 Å². The normalized spacial score (nSPS) is 15.6. The number of hydrogen-bond acceptors (Lipinski definition) is 2. The van der Waals surface area contributed by atoms with Crippen molar-refractivity contribution in [3.05, 3.63) is 35.9 Å². The molecule has 0 saturated heterocycles. The number of carbonyl (C=O) groups excluding carboxylic acids is 1. The summed E-state index contributed by atoms with van der Waals surface area (Å²) in [5.74, 6) is -0.147. The molecule has 0 saturated carbocycles. The molecular formula is C18H28O2. The second-order valence-corrected chi connectivity index (χ2v) is 7.75. The molecule has 0 aliphatic rings. The van der Waals surface area contributed by atoms with Gasteiger partial charge in [0.25, 0.3) is 0 Å². The van der Waals surface area contributed by atoms with Gasteiger partial charge in [0.1, 0.15) is 0 Å². The predicted molar refractivity (Wildman–Crippen MR) is 83.7 cm³/mol. The quantitative estimate of drug-likeness (QED) is 0.755. The Kier molecular flexibility index (Phi) is 4.68. The first-order chi connectivity index (χ1) is 9.04. The first-order valence-corrected chi connectivity index (χ1v) is 7.18. The van der Waals surface area contributed by atoms with Crippen LogP contribution in [0, 0.1) is 10.8 Å². The van der Waals surface area contributed by atoms with Gasteiger partial charge >= 0.3 is 5.97 Å². The topological polar surface area (TPSA) is 26.3 Å². The summed E-state index contributed by atoms with van der Waals surface area (Å²) in [6, 6.07) is 10.0. The summed E-state index contributed by atoms with van der Waals surface area (Å²) in [5.41, 5.74) is 0.196. The average Bonchev–Trinajstić information content (AvgIpc) is 2.33. The Balaban J connectivity index is 3.55. The molecule has 20 heavy (non-hydrogen) atoms. The Morgan fingerprint density at radius 3 is 1.85 bits per heavy atom. The van der Waals surface area contributed by atoms with Crippen molar-refractivity contribution >= 4 is 5.97 Å². The van der Waals surface area contributed by atoms with E-state index in [0.717, 1.165) is 12.0 Å². The molecule has 0 spiro atoms. The zero-order chi connectivity index (χ0) is 15.6. The molecule has 0 N–H and O–H groups in total. The Morgan fingerprint density at radius 2 is 1.50 bits per heavy atom. The summed E-state index contributed by atoms with van der Waals surface area (Å²) in [7, 11) is 1.48. The lowest BCUT2D eigenvalue weighted by Gasteiger charge is -2.46. The molecule has 0 aliphatic heterocycles. The first kappa shape index (κ1) is 16.7. The zero-order valence-electron chi connectivity index (χ0n) is 13.9. The maximum Gasteiger partial charge on any atom is 0.316 e. The van der Waals surface area contributed by atoms with Gasteiger partial charge in [-0.3, -0.25) is 4.79 Å². The summed E-state index contributed by atoms with van der Waals surface area (Å²) in [4.78, 5) is 12.7. The minimum absolute atomic E-state index is 0.0251. The summed E-state index contributed by atoms with van der Waals surface area (Å²) in [5, 5.41) is 0. The Bertz CT molecular complexity index is 449. The first-order valence-electron chi connectivity index (χ1n) is 7.18. The van der Waals surface area contributed by atoms with Crippen molar-refractivity contribution in [1.29, 1.82) is 0 Å². The zero-order valence-corrected chi connectivity index (χ0v) is 13.9. The van der Waals surface area contributed by atoms with Crippen LogP contribution in [-0.4, -0.2) is 13.1 Å². The Morgan fingerprint density at radius 1 is 1.00 bits per heavy atom. The van der Waals surface area contributed by atoms with E-state index >= 15 is 0 Å². The van der Waals surface area contributed by atoms with E-state index in [9.17, 15) is 4.79 Å². The molecule has 112 valence electrons. The van der Waals surface area contributed by atoms with Crippen LogP contribution < -0.4 is 0 Å². The lowest BCUT2D eigenvalue weighted by atomic mass is 9.57. The maximum atomic E-state index is 12.7. The lowest BCUT2D eigenvalue weighted by Crippen LogP contribution is -2.50. The van der Waals surface area contributed by atoms with Crippen molar-refractivity contribution in [2.45, 2.75) is 53.4 Å². The van der Waals surface area contributed by atoms with E-state index in [-0.39, 0.29) is 16.8 Å². The number of hydrogen-bond donors (Lipinski definition) is 0. The van der Waals surface area contributed by atoms with E-state index in [1.807, 2.05) is 30.3 Å². The van der Waals surface area contributed by atoms with Crippen LogP contribution >= 0.6 is 0 Å². The third kappa shape index (κ3) is 3.23. The highest BCUT2D eigenvalue weighted by molar-refractivity contribution is 5.84. The number of ether oxygens (including phenoxy) is 1. The lowest BCUT2D eigenvalue weighted by molar-refractivity contribution is -0.154. The standard InChI is InChI=1S/C18H28O2/c1-16(2,3)13-18(15(19)20-7,17(4,5)6)14-11-9-8-10-12-14/h8-12H,13H2,1-7H3. The van der Waals surface area contributed by atoms with E-state index in [4.69, 9.17) is 4.74 Å². The van der Waals surface area contributed by atoms with Crippen LogP contribution in [0.4, 0.5) is 0 Å². The number of esters is 1. The fourth-order valence-corrected chi connectivity index (χ4v) is 2.99. The summed E-state index contributed by atoms with van der Waals surface area (Å²) >= 11 is 0. The van der Waals surface area contributed by atoms with E-state index in [2.05, 4.69) is 41.5 Å². The van der Waals surface area contributed by atoms with Crippen molar-refractivity contribution in [2.24, 2.45) is 10.8 Å². The van der Waals surface area contributed by atoms with Crippen LogP contribution in [0.15, 0.2) is 30.3 Å². The van der Waals surface area contributed by atoms with Crippen molar-refractivity contribution in [3.8, 4) is 0 Å². The molecule has 1 aromatic rings. The maximum absolute atomic E-state index is 12.7. The van der Waals surface area contributed by atoms with Crippen LogP contribution in [-0.2, 0) is 14.9 Å². The van der Waals surface area contributed by atoms with Crippen molar-refractivity contribution in [3.63, 3.8) is 0 Å². The molecule has 2 heteroatoms. The molecule has 0 heterocycles. The molecule has 0 amide bonds. The highest BCUT2D eigenvalue weighted by Crippen LogP contribution is 2.49. The van der Waals surface area contributed by atoms with Gasteiger partial charge in [0.15, 0.2) is 0 Å². The second kappa shape index (κ2) is 5.59. The minimum atomic E-state index is -0.638. The highest BCUT2D eigenvalue weighted by Gasteiger charge is 2.52. The van der Waals surface area contributed by atoms with Gasteiger partial charge in [-0.2, -0.15) is 0 Å². The molecule has 1 unspecified atom stereocenters. The number of methoxy groups -OCH3 is 1. The third-order valence-electron chi connectivity index (χ3n) is 3.88. The summed E-state index contributed by atoms with van der Waals surface area (Å²) in [6.45, 7) is 12.8. The van der Waals surface area contributed by atoms with Crippen LogP contribution in [0.2, 0.25) is 0 Å². The third-order valence-corrected chi connectivity index (χ3v) is 3.88. The molecular weight excluding hydrogens is 248 g/mol. The van der Waals surface area contributed by atoms with Gasteiger partial charge in [-0.15, -0.1) is 0 Å². The van der Waals surface area contributed by atoms with E-state index in [1.54, 1.807) is 0 Å². The number of rotatable bonds is 3. The van der Waals surface area contributed by atoms with Gasteiger partial charge in [0.05, 0.1) is 12.5 Å². The van der Waals surface area contributed by atoms with Crippen LogP contribution in [0.3, 0.4) is 0 Å². The molecule has 0 bridgehead atoms. The number of carbonyl (C=O) groups is 1. The molecule has 1 rings (SSSR count). The number of benzene rings is 1. The van der Waals surface area contributed by atoms with Crippen LogP contribution in [0.5, 0.6) is 0 Å². The second-order valence-electron chi connectivity index (χ2n) is 7.75. The van der Waals surface area contributed by atoms with Gasteiger partial charge in [-0.1, -0.05) is 71.9 Å². The van der Waals surface area contributed by atoms with Crippen molar-refractivity contribution in [1.82, 2.24) is 0 Å². The fourth-order valence-electron chi connectivity index (χ4n) is 2.99. The van der Waals surface area contributed by atoms with E-state index in [1.165, 1.54) is 7.11 Å². The van der Waals surface area contributed by atoms with Crippen LogP contribution in [0.1, 0.15) is 53.5 Å². The van der Waals surface area contributed by atoms with Gasteiger partial charge in [-0.25, -0.2) is 0 Å². The monoisotopic (exact) mass is 276 g/mol. The Hall–Kier alpha value is -1.31. The van der Waals surface area contributed by atoms with Gasteiger partial charge < -0.3 is 4.74 Å². The highest BCUT2D eigenvalue weighted by atomic mass is 16.5. The molecule has 0 aliphatic carbocycles. The van der Waals surface area contributed by atoms with E-state index < -0.39 is 5.41 Å². The summed E-state index contributed by atoms with van der Waals surface area (Å²) in [6.07, 6.45) is 0.750. The molecule has 1 atom stereocenters. The molecule has 0 radical (unpaired) electrons. The largest absolute Gasteiger partial charge is 0.468 e. The summed E-state index contributed by atoms with van der Waals surface area (Å²) < 4.78 is 5.20. The Labute approximate surface area is 123 Å². The SMILES string of the molecule is COC(=O)C(CC(C)(C)C)(c1ccccc1)C(C)(C)C. The fraction of sp³-hybridized carbons (Fsp3) is 0.611. The van der Waals surface area contributed by atoms with Crippen molar-refractivity contribution in [2.75, 3.05) is 7.11 Å². The van der Waals surface area contributed by atoms with Gasteiger partial charge in [-0.05, 0) is 22.8 Å². The molecule has 1 aromatic carbocycles. The molecule has 0 aromatic heterocycles.